The fraction of sp³-hybridized carbons (Fsp3) is 0.714. The van der Waals surface area contributed by atoms with Crippen molar-refractivity contribution in [3.63, 3.8) is 0 Å². The lowest BCUT2D eigenvalue weighted by Gasteiger charge is -2.22. The molecule has 0 aliphatic rings. The van der Waals surface area contributed by atoms with Crippen LogP contribution < -0.4 is 11.5 Å². The van der Waals surface area contributed by atoms with Crippen molar-refractivity contribution in [3.8, 4) is 0 Å². The molecule has 0 radical (unpaired) electrons. The van der Waals surface area contributed by atoms with Gasteiger partial charge in [-0.2, -0.15) is 0 Å². The first kappa shape index (κ1) is 14.1. The second-order valence-electron chi connectivity index (χ2n) is 3.06. The fourth-order valence-corrected chi connectivity index (χ4v) is 1.01. The van der Waals surface area contributed by atoms with Crippen LogP contribution >= 0.6 is 11.6 Å². The fourth-order valence-electron chi connectivity index (χ4n) is 0.808. The molecule has 0 aliphatic heterocycles. The summed E-state index contributed by atoms with van der Waals surface area (Å²) in [6.45, 7) is 0. The number of hydrogen-bond acceptors (Lipinski definition) is 4. The minimum absolute atomic E-state index is 0.295. The van der Waals surface area contributed by atoms with Gasteiger partial charge in [-0.05, 0) is 12.8 Å². The molecule has 0 saturated heterocycles. The molecule has 0 aliphatic carbocycles. The third kappa shape index (κ3) is 4.41. The van der Waals surface area contributed by atoms with Crippen molar-refractivity contribution in [1.29, 1.82) is 0 Å². The van der Waals surface area contributed by atoms with E-state index in [9.17, 15) is 14.0 Å². The number of carbonyl (C=O) groups is 2. The predicted octanol–water partition coefficient (Wildman–Crippen LogP) is -0.505. The van der Waals surface area contributed by atoms with Gasteiger partial charge >= 0.3 is 11.9 Å². The van der Waals surface area contributed by atoms with Gasteiger partial charge in [0.1, 0.15) is 6.04 Å². The van der Waals surface area contributed by atoms with Crippen LogP contribution in [0, 0.1) is 0 Å². The molecular weight excluding hydrogens is 231 g/mol. The Labute approximate surface area is 90.0 Å². The first-order valence-corrected chi connectivity index (χ1v) is 4.41. The zero-order chi connectivity index (χ0) is 12.2. The second-order valence-corrected chi connectivity index (χ2v) is 3.69. The van der Waals surface area contributed by atoms with Gasteiger partial charge < -0.3 is 21.7 Å². The van der Waals surface area contributed by atoms with Gasteiger partial charge in [-0.15, -0.1) is 0 Å². The Hall–Kier alpha value is -0.920. The molecule has 0 amide bonds. The lowest BCUT2D eigenvalue weighted by molar-refractivity contribution is -0.140. The summed E-state index contributed by atoms with van der Waals surface area (Å²) in [5, 5.41) is 14.1. The molecule has 15 heavy (non-hydrogen) atoms. The van der Waals surface area contributed by atoms with Crippen LogP contribution in [0.3, 0.4) is 0 Å². The Morgan fingerprint density at radius 3 is 2.13 bits per heavy atom. The van der Waals surface area contributed by atoms with Gasteiger partial charge in [-0.1, -0.05) is 11.6 Å². The quantitative estimate of drug-likeness (QED) is 0.465. The van der Waals surface area contributed by atoms with Crippen molar-refractivity contribution in [2.24, 2.45) is 11.5 Å². The molecule has 0 fully saturated rings. The van der Waals surface area contributed by atoms with Crippen LogP contribution in [0.4, 0.5) is 4.39 Å². The summed E-state index contributed by atoms with van der Waals surface area (Å²) < 4.78 is 13.4. The lowest BCUT2D eigenvalue weighted by Crippen LogP contribution is -2.47. The number of aliphatic carboxylic acids is 2. The van der Waals surface area contributed by atoms with Crippen LogP contribution in [0.5, 0.6) is 0 Å². The van der Waals surface area contributed by atoms with E-state index in [2.05, 4.69) is 0 Å². The second kappa shape index (κ2) is 5.24. The van der Waals surface area contributed by atoms with Crippen molar-refractivity contribution >= 4 is 23.5 Å². The number of rotatable bonds is 6. The van der Waals surface area contributed by atoms with E-state index in [1.54, 1.807) is 0 Å². The molecule has 0 spiro atoms. The van der Waals surface area contributed by atoms with E-state index in [1.165, 1.54) is 0 Å². The van der Waals surface area contributed by atoms with E-state index in [-0.39, 0.29) is 6.42 Å². The van der Waals surface area contributed by atoms with Crippen LogP contribution in [0.25, 0.3) is 0 Å². The van der Waals surface area contributed by atoms with Crippen LogP contribution in [-0.2, 0) is 9.59 Å². The highest BCUT2D eigenvalue weighted by atomic mass is 35.5. The zero-order valence-electron chi connectivity index (χ0n) is 7.69. The number of carboxylic acids is 2. The van der Waals surface area contributed by atoms with E-state index < -0.39 is 35.6 Å². The van der Waals surface area contributed by atoms with Gasteiger partial charge in [0, 0.05) is 0 Å². The summed E-state index contributed by atoms with van der Waals surface area (Å²) >= 11 is 5.21. The number of nitrogens with two attached hydrogens (primary N) is 2. The van der Waals surface area contributed by atoms with Crippen LogP contribution in [0.1, 0.15) is 12.8 Å². The Morgan fingerprint density at radius 1 is 1.33 bits per heavy atom. The molecule has 0 saturated carbocycles. The summed E-state index contributed by atoms with van der Waals surface area (Å²) in [6, 6.07) is -3.21. The van der Waals surface area contributed by atoms with Gasteiger partial charge in [0.25, 0.3) is 0 Å². The van der Waals surface area contributed by atoms with Gasteiger partial charge in [-0.25, -0.2) is 4.39 Å². The molecule has 0 rings (SSSR count). The molecule has 6 nitrogen and oxygen atoms in total. The van der Waals surface area contributed by atoms with Crippen molar-refractivity contribution < 1.29 is 24.2 Å². The van der Waals surface area contributed by atoms with E-state index in [4.69, 9.17) is 33.3 Å². The van der Waals surface area contributed by atoms with E-state index in [1.807, 2.05) is 0 Å². The zero-order valence-corrected chi connectivity index (χ0v) is 8.45. The average molecular weight is 243 g/mol. The summed E-state index contributed by atoms with van der Waals surface area (Å²) in [4.78, 5) is 20.6. The standard InChI is InChI=1S/C7H12ClFN2O4/c8-7(9,4(11)6(14)15)2-1-3(10)5(12)13/h3-4H,1-2,10-11H2,(H,12,13)(H,14,15)/t3-,4?,7?/m0/s1. The summed E-state index contributed by atoms with van der Waals surface area (Å²) in [5.74, 6) is -2.91. The molecule has 2 unspecified atom stereocenters. The number of halogens is 2. The Kier molecular flexibility index (Phi) is 4.92. The molecule has 0 aromatic carbocycles. The van der Waals surface area contributed by atoms with E-state index in [0.29, 0.717) is 0 Å². The lowest BCUT2D eigenvalue weighted by atomic mass is 10.0. The Bertz CT molecular complexity index is 261. The van der Waals surface area contributed by atoms with Crippen LogP contribution in [-0.4, -0.2) is 39.4 Å². The number of hydrogen-bond donors (Lipinski definition) is 4. The number of carboxylic acid groups (broad SMARTS) is 2. The third-order valence-corrected chi connectivity index (χ3v) is 2.25. The monoisotopic (exact) mass is 242 g/mol. The molecule has 0 bridgehead atoms. The normalized spacial score (nSPS) is 18.9. The molecule has 0 heterocycles. The third-order valence-electron chi connectivity index (χ3n) is 1.83. The summed E-state index contributed by atoms with van der Waals surface area (Å²) in [5.41, 5.74) is 10.0. The smallest absolute Gasteiger partial charge is 0.325 e. The maximum atomic E-state index is 13.4. The van der Waals surface area contributed by atoms with Crippen molar-refractivity contribution in [3.05, 3.63) is 0 Å². The largest absolute Gasteiger partial charge is 0.480 e. The average Bonchev–Trinajstić information content (AvgIpc) is 2.12. The molecule has 3 atom stereocenters. The molecule has 8 heteroatoms. The minimum atomic E-state index is -2.70. The van der Waals surface area contributed by atoms with Crippen LogP contribution in [0.15, 0.2) is 0 Å². The van der Waals surface area contributed by atoms with Crippen LogP contribution in [0.2, 0.25) is 0 Å². The van der Waals surface area contributed by atoms with Gasteiger partial charge in [0.2, 0.25) is 5.13 Å². The topological polar surface area (TPSA) is 127 Å². The molecular formula is C7H12ClFN2O4. The summed E-state index contributed by atoms with van der Waals surface area (Å²) in [7, 11) is 0. The molecule has 88 valence electrons. The van der Waals surface area contributed by atoms with Crippen molar-refractivity contribution in [1.82, 2.24) is 0 Å². The molecule has 0 aromatic rings. The maximum absolute atomic E-state index is 13.4. The first-order chi connectivity index (χ1) is 6.68. The molecule has 0 aromatic heterocycles. The minimum Gasteiger partial charge on any atom is -0.480 e. The Balaban J connectivity index is 4.26. The van der Waals surface area contributed by atoms with Crippen molar-refractivity contribution in [2.75, 3.05) is 0 Å². The van der Waals surface area contributed by atoms with Gasteiger partial charge in [0.05, 0.1) is 0 Å². The SMILES string of the molecule is NC(C(=O)O)C(F)(Cl)CC[C@H](N)C(=O)O. The van der Waals surface area contributed by atoms with Gasteiger partial charge in [0.15, 0.2) is 6.04 Å². The Morgan fingerprint density at radius 2 is 1.80 bits per heavy atom. The van der Waals surface area contributed by atoms with Gasteiger partial charge in [-0.3, -0.25) is 9.59 Å². The summed E-state index contributed by atoms with van der Waals surface area (Å²) in [6.07, 6.45) is -0.841. The first-order valence-electron chi connectivity index (χ1n) is 4.03. The predicted molar refractivity (Wildman–Crippen MR) is 50.1 cm³/mol. The highest BCUT2D eigenvalue weighted by Crippen LogP contribution is 2.27. The van der Waals surface area contributed by atoms with Crippen molar-refractivity contribution in [2.45, 2.75) is 30.1 Å². The highest BCUT2D eigenvalue weighted by Gasteiger charge is 2.39. The van der Waals surface area contributed by atoms with E-state index in [0.717, 1.165) is 0 Å². The molecule has 6 N–H and O–H groups in total. The van der Waals surface area contributed by atoms with E-state index >= 15 is 0 Å². The number of alkyl halides is 2. The highest BCUT2D eigenvalue weighted by molar-refractivity contribution is 6.24. The maximum Gasteiger partial charge on any atom is 0.325 e.